The van der Waals surface area contributed by atoms with Crippen LogP contribution in [0.2, 0.25) is 0 Å². The van der Waals surface area contributed by atoms with Gasteiger partial charge in [0.1, 0.15) is 5.75 Å². The Morgan fingerprint density at radius 1 is 0.964 bits per heavy atom. The molecule has 0 saturated carbocycles. The fraction of sp³-hybridized carbons (Fsp3) is 0.0455. The van der Waals surface area contributed by atoms with Crippen molar-refractivity contribution in [1.29, 1.82) is 0 Å². The Balaban J connectivity index is 1.65. The van der Waals surface area contributed by atoms with Crippen LogP contribution in [-0.2, 0) is 4.79 Å². The van der Waals surface area contributed by atoms with E-state index in [4.69, 9.17) is 4.74 Å². The molecule has 3 rings (SSSR count). The van der Waals surface area contributed by atoms with Crippen LogP contribution in [0, 0.1) is 0 Å². The number of ether oxygens (including phenoxy) is 1. The first-order valence-electron chi connectivity index (χ1n) is 8.59. The third-order valence-electron chi connectivity index (χ3n) is 3.86. The van der Waals surface area contributed by atoms with Crippen LogP contribution < -0.4 is 15.4 Å². The number of benzene rings is 2. The van der Waals surface area contributed by atoms with Crippen LogP contribution in [0.4, 0.5) is 11.4 Å². The van der Waals surface area contributed by atoms with Gasteiger partial charge in [-0.2, -0.15) is 0 Å². The number of carbonyl (C=O) groups is 2. The minimum absolute atomic E-state index is 0.271. The Kier molecular flexibility index (Phi) is 6.15. The van der Waals surface area contributed by atoms with Crippen molar-refractivity contribution in [3.05, 3.63) is 90.3 Å². The first kappa shape index (κ1) is 18.8. The topological polar surface area (TPSA) is 80.3 Å². The lowest BCUT2D eigenvalue weighted by atomic mass is 10.2. The molecule has 0 aliphatic carbocycles. The zero-order valence-electron chi connectivity index (χ0n) is 15.3. The van der Waals surface area contributed by atoms with E-state index in [0.29, 0.717) is 22.7 Å². The van der Waals surface area contributed by atoms with Crippen molar-refractivity contribution >= 4 is 29.3 Å². The Labute approximate surface area is 162 Å². The average Bonchev–Trinajstić information content (AvgIpc) is 2.73. The summed E-state index contributed by atoms with van der Waals surface area (Å²) in [6.45, 7) is 0. The summed E-state index contributed by atoms with van der Waals surface area (Å²) in [5.74, 6) is 0.126. The van der Waals surface area contributed by atoms with E-state index in [1.807, 2.05) is 24.3 Å². The predicted molar refractivity (Wildman–Crippen MR) is 109 cm³/mol. The molecule has 0 fully saturated rings. The van der Waals surface area contributed by atoms with Crippen LogP contribution in [0.25, 0.3) is 6.08 Å². The third kappa shape index (κ3) is 5.04. The molecule has 0 radical (unpaired) electrons. The fourth-order valence-corrected chi connectivity index (χ4v) is 2.53. The fourth-order valence-electron chi connectivity index (χ4n) is 2.53. The number of anilines is 2. The lowest BCUT2D eigenvalue weighted by molar-refractivity contribution is -0.111. The highest BCUT2D eigenvalue weighted by Gasteiger charge is 2.07. The van der Waals surface area contributed by atoms with E-state index >= 15 is 0 Å². The van der Waals surface area contributed by atoms with Gasteiger partial charge < -0.3 is 15.4 Å². The molecule has 2 N–H and O–H groups in total. The van der Waals surface area contributed by atoms with Crippen molar-refractivity contribution < 1.29 is 14.3 Å². The molecule has 1 heterocycles. The highest BCUT2D eigenvalue weighted by Crippen LogP contribution is 2.19. The van der Waals surface area contributed by atoms with Crippen molar-refractivity contribution in [2.24, 2.45) is 0 Å². The number of nitrogens with zero attached hydrogens (tertiary/aromatic N) is 1. The molecule has 0 aliphatic heterocycles. The van der Waals surface area contributed by atoms with Gasteiger partial charge in [0.05, 0.1) is 12.7 Å². The maximum absolute atomic E-state index is 12.2. The number of rotatable bonds is 6. The van der Waals surface area contributed by atoms with Crippen LogP contribution in [0.15, 0.2) is 79.1 Å². The van der Waals surface area contributed by atoms with E-state index in [9.17, 15) is 9.59 Å². The summed E-state index contributed by atoms with van der Waals surface area (Å²) in [5, 5.41) is 5.55. The number of nitrogens with one attached hydrogen (secondary N) is 2. The average molecular weight is 373 g/mol. The minimum atomic E-state index is -0.290. The monoisotopic (exact) mass is 373 g/mol. The molecule has 0 aliphatic rings. The molecule has 3 aromatic rings. The van der Waals surface area contributed by atoms with Gasteiger partial charge in [0.2, 0.25) is 5.91 Å². The lowest BCUT2D eigenvalue weighted by Crippen LogP contribution is -2.13. The highest BCUT2D eigenvalue weighted by molar-refractivity contribution is 6.05. The van der Waals surface area contributed by atoms with E-state index in [2.05, 4.69) is 15.6 Å². The summed E-state index contributed by atoms with van der Waals surface area (Å²) in [6, 6.07) is 17.7. The zero-order valence-corrected chi connectivity index (χ0v) is 15.3. The van der Waals surface area contributed by atoms with Crippen LogP contribution >= 0.6 is 0 Å². The standard InChI is InChI=1S/C22H19N3O3/c1-28-20-10-3-2-6-16(20)11-12-21(26)24-18-8-4-9-19(14-18)25-22(27)17-7-5-13-23-15-17/h2-15H,1H3,(H,24,26)(H,25,27)/b12-11+. The second-order valence-corrected chi connectivity index (χ2v) is 5.84. The van der Waals surface area contributed by atoms with Gasteiger partial charge in [-0.25, -0.2) is 0 Å². The zero-order chi connectivity index (χ0) is 19.8. The van der Waals surface area contributed by atoms with E-state index in [1.165, 1.54) is 12.3 Å². The molecule has 0 spiro atoms. The summed E-state index contributed by atoms with van der Waals surface area (Å²) in [5.41, 5.74) is 2.40. The lowest BCUT2D eigenvalue weighted by Gasteiger charge is -2.08. The number of para-hydroxylation sites is 1. The van der Waals surface area contributed by atoms with Gasteiger partial charge in [0.25, 0.3) is 5.91 Å². The minimum Gasteiger partial charge on any atom is -0.496 e. The van der Waals surface area contributed by atoms with Gasteiger partial charge >= 0.3 is 0 Å². The molecule has 1 aromatic heterocycles. The van der Waals surface area contributed by atoms with Crippen molar-refractivity contribution in [2.75, 3.05) is 17.7 Å². The second-order valence-electron chi connectivity index (χ2n) is 5.84. The molecule has 6 nitrogen and oxygen atoms in total. The van der Waals surface area contributed by atoms with Gasteiger partial charge in [-0.15, -0.1) is 0 Å². The van der Waals surface area contributed by atoms with Crippen LogP contribution in [0.3, 0.4) is 0 Å². The molecule has 0 atom stereocenters. The maximum Gasteiger partial charge on any atom is 0.257 e. The van der Waals surface area contributed by atoms with Crippen molar-refractivity contribution in [1.82, 2.24) is 4.98 Å². The van der Waals surface area contributed by atoms with Gasteiger partial charge in [0.15, 0.2) is 0 Å². The van der Waals surface area contributed by atoms with Crippen LogP contribution in [0.5, 0.6) is 5.75 Å². The quantitative estimate of drug-likeness (QED) is 0.640. The number of aromatic nitrogens is 1. The number of hydrogen-bond acceptors (Lipinski definition) is 4. The SMILES string of the molecule is COc1ccccc1/C=C/C(=O)Nc1cccc(NC(=O)c2cccnc2)c1. The number of carbonyl (C=O) groups excluding carboxylic acids is 2. The number of hydrogen-bond donors (Lipinski definition) is 2. The largest absolute Gasteiger partial charge is 0.496 e. The molecular weight excluding hydrogens is 354 g/mol. The third-order valence-corrected chi connectivity index (χ3v) is 3.86. The maximum atomic E-state index is 12.2. The van der Waals surface area contributed by atoms with Gasteiger partial charge in [-0.3, -0.25) is 14.6 Å². The Hall–Kier alpha value is -3.93. The number of methoxy groups -OCH3 is 1. The molecule has 6 heteroatoms. The first-order valence-corrected chi connectivity index (χ1v) is 8.59. The summed E-state index contributed by atoms with van der Waals surface area (Å²) < 4.78 is 5.26. The van der Waals surface area contributed by atoms with Crippen molar-refractivity contribution in [3.63, 3.8) is 0 Å². The predicted octanol–water partition coefficient (Wildman–Crippen LogP) is 3.99. The first-order chi connectivity index (χ1) is 13.7. The van der Waals surface area contributed by atoms with Crippen molar-refractivity contribution in [2.45, 2.75) is 0 Å². The Bertz CT molecular complexity index is 1000. The molecule has 0 saturated heterocycles. The van der Waals surface area contributed by atoms with Crippen LogP contribution in [-0.4, -0.2) is 23.9 Å². The highest BCUT2D eigenvalue weighted by atomic mass is 16.5. The van der Waals surface area contributed by atoms with E-state index < -0.39 is 0 Å². The van der Waals surface area contributed by atoms with E-state index in [-0.39, 0.29) is 11.8 Å². The van der Waals surface area contributed by atoms with Crippen LogP contribution in [0.1, 0.15) is 15.9 Å². The van der Waals surface area contributed by atoms with Gasteiger partial charge in [-0.05, 0) is 42.5 Å². The smallest absolute Gasteiger partial charge is 0.257 e. The van der Waals surface area contributed by atoms with E-state index in [0.717, 1.165) is 5.56 Å². The Morgan fingerprint density at radius 3 is 2.50 bits per heavy atom. The molecule has 0 bridgehead atoms. The van der Waals surface area contributed by atoms with E-state index in [1.54, 1.807) is 55.8 Å². The molecule has 2 amide bonds. The molecule has 140 valence electrons. The number of pyridine rings is 1. The molecular formula is C22H19N3O3. The normalized spacial score (nSPS) is 10.5. The van der Waals surface area contributed by atoms with Gasteiger partial charge in [0, 0.05) is 35.4 Å². The molecule has 2 aromatic carbocycles. The molecule has 28 heavy (non-hydrogen) atoms. The van der Waals surface area contributed by atoms with Crippen molar-refractivity contribution in [3.8, 4) is 5.75 Å². The molecule has 0 unspecified atom stereocenters. The summed E-state index contributed by atoms with van der Waals surface area (Å²) in [7, 11) is 1.58. The Morgan fingerprint density at radius 2 is 1.75 bits per heavy atom. The summed E-state index contributed by atoms with van der Waals surface area (Å²) >= 11 is 0. The number of amides is 2. The van der Waals surface area contributed by atoms with Gasteiger partial charge in [-0.1, -0.05) is 24.3 Å². The summed E-state index contributed by atoms with van der Waals surface area (Å²) in [6.07, 6.45) is 6.20. The second kappa shape index (κ2) is 9.14. The summed E-state index contributed by atoms with van der Waals surface area (Å²) in [4.78, 5) is 28.3.